The Bertz CT molecular complexity index is 891. The highest BCUT2D eigenvalue weighted by molar-refractivity contribution is 7.81. The van der Waals surface area contributed by atoms with E-state index in [4.69, 9.17) is 4.74 Å². The van der Waals surface area contributed by atoms with Crippen molar-refractivity contribution in [3.05, 3.63) is 60.7 Å². The van der Waals surface area contributed by atoms with Crippen molar-refractivity contribution in [2.24, 2.45) is 0 Å². The van der Waals surface area contributed by atoms with Crippen LogP contribution in [0.4, 0.5) is 0 Å². The van der Waals surface area contributed by atoms with Gasteiger partial charge in [0.05, 0.1) is 0 Å². The van der Waals surface area contributed by atoms with Crippen molar-refractivity contribution < 1.29 is 18.9 Å². The number of carbonyl (C=O) groups is 2. The Morgan fingerprint density at radius 3 is 1.93 bits per heavy atom. The van der Waals surface area contributed by atoms with Gasteiger partial charge in [-0.15, -0.1) is 0 Å². The normalized spacial score (nSPS) is 18.4. The van der Waals surface area contributed by atoms with Gasteiger partial charge in [-0.25, -0.2) is 0 Å². The summed E-state index contributed by atoms with van der Waals surface area (Å²) in [6.45, 7) is -0.319. The van der Waals surface area contributed by atoms with Crippen molar-refractivity contribution in [3.63, 3.8) is 0 Å². The Morgan fingerprint density at radius 2 is 1.43 bits per heavy atom. The molecular formula is C24H28NO4P. The Hall–Kier alpha value is -2.39. The second-order valence-corrected chi connectivity index (χ2v) is 11.4. The molecule has 0 aromatic heterocycles. The number of carbonyl (C=O) groups excluding carboxylic acids is 2. The van der Waals surface area contributed by atoms with Crippen LogP contribution in [-0.4, -0.2) is 29.7 Å². The Balaban J connectivity index is 1.52. The Kier molecular flexibility index (Phi) is 6.10. The van der Waals surface area contributed by atoms with E-state index in [-0.39, 0.29) is 18.6 Å². The minimum absolute atomic E-state index is 0.166. The molecule has 30 heavy (non-hydrogen) atoms. The van der Waals surface area contributed by atoms with Gasteiger partial charge in [0, 0.05) is 16.7 Å². The fourth-order valence-electron chi connectivity index (χ4n) is 4.47. The lowest BCUT2D eigenvalue weighted by Crippen LogP contribution is -2.40. The van der Waals surface area contributed by atoms with E-state index in [0.29, 0.717) is 23.5 Å². The number of nitrogens with one attached hydrogen (secondary N) is 1. The molecule has 0 spiro atoms. The summed E-state index contributed by atoms with van der Waals surface area (Å²) >= 11 is 0. The topological polar surface area (TPSA) is 72.5 Å². The third-order valence-corrected chi connectivity index (χ3v) is 10.1. The molecule has 2 aliphatic rings. The second kappa shape index (κ2) is 8.77. The molecule has 1 N–H and O–H groups in total. The molecule has 6 heteroatoms. The van der Waals surface area contributed by atoms with Gasteiger partial charge in [0.25, 0.3) is 5.91 Å². The molecule has 5 nitrogen and oxygen atoms in total. The van der Waals surface area contributed by atoms with Crippen LogP contribution >= 0.6 is 7.14 Å². The fraction of sp³-hybridized carbons (Fsp3) is 0.417. The van der Waals surface area contributed by atoms with E-state index in [1.165, 1.54) is 6.42 Å². The molecule has 2 aromatic rings. The summed E-state index contributed by atoms with van der Waals surface area (Å²) < 4.78 is 19.9. The summed E-state index contributed by atoms with van der Waals surface area (Å²) in [5.74, 6) is -0.808. The molecule has 0 unspecified atom stereocenters. The van der Waals surface area contributed by atoms with Crippen molar-refractivity contribution >= 4 is 29.6 Å². The van der Waals surface area contributed by atoms with Gasteiger partial charge in [-0.3, -0.25) is 9.59 Å². The van der Waals surface area contributed by atoms with E-state index in [1.807, 2.05) is 60.7 Å². The molecule has 0 heterocycles. The van der Waals surface area contributed by atoms with E-state index in [0.717, 1.165) is 25.7 Å². The zero-order chi connectivity index (χ0) is 21.0. The fourth-order valence-corrected chi connectivity index (χ4v) is 8.00. The van der Waals surface area contributed by atoms with Crippen LogP contribution in [0.15, 0.2) is 60.7 Å². The zero-order valence-corrected chi connectivity index (χ0v) is 18.0. The lowest BCUT2D eigenvalue weighted by molar-refractivity contribution is -0.149. The Labute approximate surface area is 177 Å². The molecule has 2 fully saturated rings. The van der Waals surface area contributed by atoms with Crippen molar-refractivity contribution in [2.75, 3.05) is 6.61 Å². The molecule has 4 rings (SSSR count). The van der Waals surface area contributed by atoms with Crippen molar-refractivity contribution in [3.8, 4) is 0 Å². The van der Waals surface area contributed by atoms with Gasteiger partial charge < -0.3 is 14.6 Å². The average molecular weight is 425 g/mol. The molecule has 2 aromatic carbocycles. The maximum Gasteiger partial charge on any atom is 0.320 e. The van der Waals surface area contributed by atoms with Crippen LogP contribution in [0.2, 0.25) is 0 Å². The predicted octanol–water partition coefficient (Wildman–Crippen LogP) is 3.53. The monoisotopic (exact) mass is 425 g/mol. The molecule has 2 aliphatic carbocycles. The highest BCUT2D eigenvalue weighted by Crippen LogP contribution is 2.68. The van der Waals surface area contributed by atoms with Crippen molar-refractivity contribution in [1.82, 2.24) is 5.32 Å². The van der Waals surface area contributed by atoms with Crippen LogP contribution in [0.25, 0.3) is 0 Å². The minimum atomic E-state index is -3.27. The number of ether oxygens (including phenoxy) is 1. The zero-order valence-electron chi connectivity index (χ0n) is 17.1. The number of rotatable bonds is 7. The summed E-state index contributed by atoms with van der Waals surface area (Å²) in [6.07, 6.45) is 6.38. The predicted molar refractivity (Wildman–Crippen MR) is 118 cm³/mol. The molecule has 0 saturated heterocycles. The van der Waals surface area contributed by atoms with Crippen molar-refractivity contribution in [1.29, 1.82) is 0 Å². The van der Waals surface area contributed by atoms with Crippen LogP contribution in [-0.2, 0) is 18.9 Å². The third-order valence-electron chi connectivity index (χ3n) is 6.25. The van der Waals surface area contributed by atoms with Gasteiger partial charge >= 0.3 is 5.97 Å². The molecule has 0 bridgehead atoms. The lowest BCUT2D eigenvalue weighted by Gasteiger charge is -2.27. The minimum Gasteiger partial charge on any atom is -0.455 e. The first-order valence-electron chi connectivity index (χ1n) is 10.7. The van der Waals surface area contributed by atoms with Crippen LogP contribution < -0.4 is 15.9 Å². The van der Waals surface area contributed by atoms with E-state index in [2.05, 4.69) is 5.32 Å². The maximum absolute atomic E-state index is 14.5. The number of hydrogen-bond acceptors (Lipinski definition) is 4. The summed E-state index contributed by atoms with van der Waals surface area (Å²) in [5.41, 5.74) is 0. The number of esters is 1. The summed E-state index contributed by atoms with van der Waals surface area (Å²) in [6, 6.07) is 18.5. The van der Waals surface area contributed by atoms with E-state index in [1.54, 1.807) is 0 Å². The molecule has 158 valence electrons. The highest BCUT2D eigenvalue weighted by Gasteiger charge is 2.65. The molecule has 2 saturated carbocycles. The van der Waals surface area contributed by atoms with E-state index in [9.17, 15) is 14.2 Å². The quantitative estimate of drug-likeness (QED) is 0.544. The first-order chi connectivity index (χ1) is 14.6. The van der Waals surface area contributed by atoms with Gasteiger partial charge in [-0.2, -0.15) is 0 Å². The van der Waals surface area contributed by atoms with E-state index >= 15 is 0 Å². The molecule has 1 amide bonds. The molecule has 0 aliphatic heterocycles. The number of hydrogen-bond donors (Lipinski definition) is 1. The van der Waals surface area contributed by atoms with Crippen LogP contribution in [0.1, 0.15) is 44.9 Å². The Morgan fingerprint density at radius 1 is 0.900 bits per heavy atom. The molecular weight excluding hydrogens is 397 g/mol. The van der Waals surface area contributed by atoms with Crippen LogP contribution in [0.5, 0.6) is 0 Å². The summed E-state index contributed by atoms with van der Waals surface area (Å²) in [7, 11) is -3.27. The van der Waals surface area contributed by atoms with Crippen LogP contribution in [0.3, 0.4) is 0 Å². The SMILES string of the molecule is O=C(COC(=O)C1(P(=O)(c2ccccc2)c2ccccc2)CC1)NC1CCCCC1. The molecule has 0 atom stereocenters. The van der Waals surface area contributed by atoms with Crippen molar-refractivity contribution in [2.45, 2.75) is 56.1 Å². The average Bonchev–Trinajstić information content (AvgIpc) is 3.61. The van der Waals surface area contributed by atoms with Crippen LogP contribution in [0, 0.1) is 0 Å². The van der Waals surface area contributed by atoms with Gasteiger partial charge in [0.15, 0.2) is 13.7 Å². The number of benzene rings is 2. The standard InChI is InChI=1S/C24H28NO4P/c26-22(25-19-10-4-1-5-11-19)18-29-23(27)24(16-17-24)30(28,20-12-6-2-7-13-20)21-14-8-3-9-15-21/h2-3,6-9,12-15,19H,1,4-5,10-11,16-18H2,(H,25,26). The third kappa shape index (κ3) is 3.96. The van der Waals surface area contributed by atoms with Gasteiger partial charge in [0.2, 0.25) is 0 Å². The second-order valence-electron chi connectivity index (χ2n) is 8.29. The van der Waals surface area contributed by atoms with Gasteiger partial charge in [-0.1, -0.05) is 79.9 Å². The van der Waals surface area contributed by atoms with Gasteiger partial charge in [0.1, 0.15) is 5.16 Å². The lowest BCUT2D eigenvalue weighted by atomic mass is 9.95. The summed E-state index contributed by atoms with van der Waals surface area (Å²) in [4.78, 5) is 25.4. The first-order valence-corrected chi connectivity index (χ1v) is 12.4. The highest BCUT2D eigenvalue weighted by atomic mass is 31.2. The molecule has 0 radical (unpaired) electrons. The number of amides is 1. The van der Waals surface area contributed by atoms with Gasteiger partial charge in [-0.05, 0) is 25.7 Å². The first kappa shape index (κ1) is 20.9. The largest absolute Gasteiger partial charge is 0.455 e. The smallest absolute Gasteiger partial charge is 0.320 e. The van der Waals surface area contributed by atoms with E-state index < -0.39 is 18.3 Å². The maximum atomic E-state index is 14.5. The summed E-state index contributed by atoms with van der Waals surface area (Å²) in [5, 5.41) is 3.18.